The van der Waals surface area contributed by atoms with Gasteiger partial charge in [-0.05, 0) is 23.8 Å². The molecule has 0 heterocycles. The zero-order valence-corrected chi connectivity index (χ0v) is 8.64. The van der Waals surface area contributed by atoms with Crippen molar-refractivity contribution in [1.29, 1.82) is 0 Å². The van der Waals surface area contributed by atoms with Gasteiger partial charge in [-0.3, -0.25) is 0 Å². The van der Waals surface area contributed by atoms with Crippen LogP contribution in [0.1, 0.15) is 5.56 Å². The van der Waals surface area contributed by atoms with Gasteiger partial charge in [0.1, 0.15) is 5.57 Å². The normalized spacial score (nSPS) is 10.9. The summed E-state index contributed by atoms with van der Waals surface area (Å²) in [5.74, 6) is -2.21. The van der Waals surface area contributed by atoms with E-state index < -0.39 is 17.5 Å². The Morgan fingerprint density at radius 3 is 2.31 bits per heavy atom. The largest absolute Gasteiger partial charge is 0.477 e. The summed E-state index contributed by atoms with van der Waals surface area (Å²) in [7, 11) is 1.13. The van der Waals surface area contributed by atoms with Gasteiger partial charge in [0.05, 0.1) is 7.11 Å². The van der Waals surface area contributed by atoms with Gasteiger partial charge in [0.2, 0.25) is 0 Å². The van der Waals surface area contributed by atoms with E-state index in [1.165, 1.54) is 6.08 Å². The smallest absolute Gasteiger partial charge is 0.345 e. The number of anilines is 1. The number of esters is 1. The molecular formula is C11H11NO4. The average Bonchev–Trinajstić information content (AvgIpc) is 2.27. The van der Waals surface area contributed by atoms with Crippen molar-refractivity contribution >= 4 is 23.7 Å². The highest BCUT2D eigenvalue weighted by molar-refractivity contribution is 6.16. The Morgan fingerprint density at radius 1 is 1.31 bits per heavy atom. The van der Waals surface area contributed by atoms with E-state index in [4.69, 9.17) is 10.8 Å². The lowest BCUT2D eigenvalue weighted by Gasteiger charge is -2.00. The fourth-order valence-corrected chi connectivity index (χ4v) is 1.08. The van der Waals surface area contributed by atoms with Crippen LogP contribution in [0.25, 0.3) is 6.08 Å². The number of carbonyl (C=O) groups excluding carboxylic acids is 1. The highest BCUT2D eigenvalue weighted by atomic mass is 16.5. The second-order valence-corrected chi connectivity index (χ2v) is 3.02. The van der Waals surface area contributed by atoms with Crippen molar-refractivity contribution in [3.8, 4) is 0 Å². The number of aliphatic carboxylic acids is 1. The fraction of sp³-hybridized carbons (Fsp3) is 0.0909. The highest BCUT2D eigenvalue weighted by Crippen LogP contribution is 2.11. The van der Waals surface area contributed by atoms with Crippen molar-refractivity contribution in [1.82, 2.24) is 0 Å². The van der Waals surface area contributed by atoms with Crippen molar-refractivity contribution in [3.63, 3.8) is 0 Å². The molecule has 0 bridgehead atoms. The number of carbonyl (C=O) groups is 2. The molecule has 1 aromatic rings. The van der Waals surface area contributed by atoms with Crippen LogP contribution in [0.15, 0.2) is 29.8 Å². The van der Waals surface area contributed by atoms with Crippen molar-refractivity contribution < 1.29 is 19.4 Å². The topological polar surface area (TPSA) is 89.6 Å². The second kappa shape index (κ2) is 4.97. The summed E-state index contributed by atoms with van der Waals surface area (Å²) in [5, 5.41) is 8.80. The van der Waals surface area contributed by atoms with E-state index in [0.717, 1.165) is 7.11 Å². The number of methoxy groups -OCH3 is 1. The molecule has 0 aliphatic carbocycles. The van der Waals surface area contributed by atoms with Crippen LogP contribution in [-0.4, -0.2) is 24.2 Å². The molecule has 16 heavy (non-hydrogen) atoms. The maximum atomic E-state index is 11.1. The van der Waals surface area contributed by atoms with Crippen LogP contribution in [0.2, 0.25) is 0 Å². The van der Waals surface area contributed by atoms with E-state index in [1.807, 2.05) is 0 Å². The SMILES string of the molecule is COC(=O)/C(=C\c1ccc(N)cc1)C(=O)O. The number of rotatable bonds is 3. The molecule has 0 fully saturated rings. The molecule has 5 heteroatoms. The van der Waals surface area contributed by atoms with Crippen LogP contribution in [0.4, 0.5) is 5.69 Å². The predicted octanol–water partition coefficient (Wildman–Crippen LogP) is 0.910. The van der Waals surface area contributed by atoms with E-state index in [1.54, 1.807) is 24.3 Å². The van der Waals surface area contributed by atoms with Crippen LogP contribution in [0.5, 0.6) is 0 Å². The highest BCUT2D eigenvalue weighted by Gasteiger charge is 2.17. The van der Waals surface area contributed by atoms with E-state index >= 15 is 0 Å². The third kappa shape index (κ3) is 2.84. The van der Waals surface area contributed by atoms with Gasteiger partial charge < -0.3 is 15.6 Å². The Labute approximate surface area is 92.1 Å². The average molecular weight is 221 g/mol. The lowest BCUT2D eigenvalue weighted by molar-refractivity contribution is -0.142. The first-order valence-electron chi connectivity index (χ1n) is 4.43. The molecule has 0 unspecified atom stereocenters. The molecule has 0 aliphatic heterocycles. The number of hydrogen-bond donors (Lipinski definition) is 2. The van der Waals surface area contributed by atoms with Crippen LogP contribution >= 0.6 is 0 Å². The molecule has 0 aliphatic rings. The molecule has 0 saturated heterocycles. The number of nitrogens with two attached hydrogens (primary N) is 1. The monoisotopic (exact) mass is 221 g/mol. The van der Waals surface area contributed by atoms with E-state index in [9.17, 15) is 9.59 Å². The van der Waals surface area contributed by atoms with Crippen LogP contribution in [-0.2, 0) is 14.3 Å². The summed E-state index contributed by atoms with van der Waals surface area (Å²) in [6, 6.07) is 6.45. The van der Waals surface area contributed by atoms with Crippen LogP contribution in [0, 0.1) is 0 Å². The van der Waals surface area contributed by atoms with Crippen LogP contribution < -0.4 is 5.73 Å². The first kappa shape index (κ1) is 11.8. The second-order valence-electron chi connectivity index (χ2n) is 3.02. The van der Waals surface area contributed by atoms with Gasteiger partial charge >= 0.3 is 11.9 Å². The summed E-state index contributed by atoms with van der Waals surface area (Å²) in [6.07, 6.45) is 1.23. The summed E-state index contributed by atoms with van der Waals surface area (Å²) >= 11 is 0. The number of ether oxygens (including phenoxy) is 1. The molecule has 0 saturated carbocycles. The minimum absolute atomic E-state index is 0.424. The maximum absolute atomic E-state index is 11.1. The number of nitrogen functional groups attached to an aromatic ring is 1. The zero-order chi connectivity index (χ0) is 12.1. The van der Waals surface area contributed by atoms with Gasteiger partial charge in [0, 0.05) is 5.69 Å². The van der Waals surface area contributed by atoms with Gasteiger partial charge in [0.25, 0.3) is 0 Å². The molecule has 1 aromatic carbocycles. The summed E-state index contributed by atoms with van der Waals surface area (Å²) in [5.41, 5.74) is 6.18. The summed E-state index contributed by atoms with van der Waals surface area (Å²) in [4.78, 5) is 21.9. The van der Waals surface area contributed by atoms with E-state index in [2.05, 4.69) is 4.74 Å². The van der Waals surface area contributed by atoms with Gasteiger partial charge in [-0.2, -0.15) is 0 Å². The fourth-order valence-electron chi connectivity index (χ4n) is 1.08. The molecule has 1 rings (SSSR count). The van der Waals surface area contributed by atoms with Gasteiger partial charge in [-0.15, -0.1) is 0 Å². The Balaban J connectivity index is 3.07. The molecule has 84 valence electrons. The Kier molecular flexibility index (Phi) is 3.66. The lowest BCUT2D eigenvalue weighted by Crippen LogP contribution is -2.13. The summed E-state index contributed by atoms with van der Waals surface area (Å²) in [6.45, 7) is 0. The van der Waals surface area contributed by atoms with Crippen molar-refractivity contribution in [3.05, 3.63) is 35.4 Å². The Bertz CT molecular complexity index is 434. The summed E-state index contributed by atoms with van der Waals surface area (Å²) < 4.78 is 4.36. The van der Waals surface area contributed by atoms with Crippen molar-refractivity contribution in [2.75, 3.05) is 12.8 Å². The van der Waals surface area contributed by atoms with Crippen molar-refractivity contribution in [2.45, 2.75) is 0 Å². The quantitative estimate of drug-likeness (QED) is 0.260. The molecular weight excluding hydrogens is 210 g/mol. The first-order chi connectivity index (χ1) is 7.54. The third-order valence-electron chi connectivity index (χ3n) is 1.88. The predicted molar refractivity (Wildman–Crippen MR) is 58.5 cm³/mol. The minimum atomic E-state index is -1.33. The molecule has 0 aromatic heterocycles. The maximum Gasteiger partial charge on any atom is 0.345 e. The van der Waals surface area contributed by atoms with E-state index in [-0.39, 0.29) is 0 Å². The number of carboxylic acid groups (broad SMARTS) is 1. The Morgan fingerprint density at radius 2 is 1.88 bits per heavy atom. The molecule has 0 amide bonds. The van der Waals surface area contributed by atoms with Gasteiger partial charge in [-0.1, -0.05) is 12.1 Å². The number of benzene rings is 1. The first-order valence-corrected chi connectivity index (χ1v) is 4.43. The minimum Gasteiger partial charge on any atom is -0.477 e. The van der Waals surface area contributed by atoms with Gasteiger partial charge in [-0.25, -0.2) is 9.59 Å². The van der Waals surface area contributed by atoms with E-state index in [0.29, 0.717) is 11.3 Å². The molecule has 0 atom stereocenters. The third-order valence-corrected chi connectivity index (χ3v) is 1.88. The standard InChI is InChI=1S/C11H11NO4/c1-16-11(15)9(10(13)14)6-7-2-4-8(12)5-3-7/h2-6H,12H2,1H3,(H,13,14)/b9-6-. The number of hydrogen-bond acceptors (Lipinski definition) is 4. The van der Waals surface area contributed by atoms with Crippen LogP contribution in [0.3, 0.4) is 0 Å². The number of carboxylic acids is 1. The van der Waals surface area contributed by atoms with Crippen molar-refractivity contribution in [2.24, 2.45) is 0 Å². The van der Waals surface area contributed by atoms with Gasteiger partial charge in [0.15, 0.2) is 0 Å². The molecule has 0 spiro atoms. The molecule has 3 N–H and O–H groups in total. The molecule has 5 nitrogen and oxygen atoms in total. The molecule has 0 radical (unpaired) electrons. The lowest BCUT2D eigenvalue weighted by atomic mass is 10.1. The zero-order valence-electron chi connectivity index (χ0n) is 8.64. The Hall–Kier alpha value is -2.30.